The van der Waals surface area contributed by atoms with Gasteiger partial charge in [-0.3, -0.25) is 4.79 Å². The summed E-state index contributed by atoms with van der Waals surface area (Å²) in [6.45, 7) is 2.26. The van der Waals surface area contributed by atoms with Gasteiger partial charge in [0.2, 0.25) is 0 Å². The Labute approximate surface area is 122 Å². The van der Waals surface area contributed by atoms with E-state index in [1.165, 1.54) is 12.8 Å². The lowest BCUT2D eigenvalue weighted by molar-refractivity contribution is 0.0676. The van der Waals surface area contributed by atoms with Gasteiger partial charge in [-0.15, -0.1) is 0 Å². The number of phenols is 1. The second-order valence-corrected chi connectivity index (χ2v) is 6.41. The van der Waals surface area contributed by atoms with Crippen LogP contribution in [0.5, 0.6) is 5.75 Å². The third kappa shape index (κ3) is 3.30. The normalized spacial score (nSPS) is 23.1. The Morgan fingerprint density at radius 2 is 1.95 bits per heavy atom. The van der Waals surface area contributed by atoms with E-state index >= 15 is 0 Å². The summed E-state index contributed by atoms with van der Waals surface area (Å²) >= 11 is 3.28. The molecule has 1 N–H and O–H groups in total. The first-order valence-corrected chi connectivity index (χ1v) is 7.54. The minimum Gasteiger partial charge on any atom is -0.507 e. The van der Waals surface area contributed by atoms with Crippen molar-refractivity contribution in [2.24, 2.45) is 5.92 Å². The maximum absolute atomic E-state index is 12.4. The molecule has 0 heterocycles. The molecule has 4 heteroatoms. The van der Waals surface area contributed by atoms with Crippen molar-refractivity contribution in [2.75, 3.05) is 7.05 Å². The van der Waals surface area contributed by atoms with Crippen LogP contribution in [0.25, 0.3) is 0 Å². The smallest absolute Gasteiger partial charge is 0.257 e. The van der Waals surface area contributed by atoms with E-state index in [0.717, 1.165) is 23.2 Å². The number of nitrogens with zero attached hydrogens (tertiary/aromatic N) is 1. The Morgan fingerprint density at radius 1 is 1.32 bits per heavy atom. The quantitative estimate of drug-likeness (QED) is 0.898. The summed E-state index contributed by atoms with van der Waals surface area (Å²) in [7, 11) is 1.84. The fourth-order valence-electron chi connectivity index (χ4n) is 2.67. The number of aromatic hydroxyl groups is 1. The molecule has 1 amide bonds. The van der Waals surface area contributed by atoms with Gasteiger partial charge in [-0.2, -0.15) is 0 Å². The molecule has 0 saturated heterocycles. The number of carbonyl (C=O) groups is 1. The number of halogens is 1. The van der Waals surface area contributed by atoms with Gasteiger partial charge in [0.15, 0.2) is 0 Å². The summed E-state index contributed by atoms with van der Waals surface area (Å²) < 4.78 is 0.774. The lowest BCUT2D eigenvalue weighted by atomic mass is 9.86. The van der Waals surface area contributed by atoms with Crippen LogP contribution in [0, 0.1) is 5.92 Å². The van der Waals surface area contributed by atoms with Gasteiger partial charge in [0.1, 0.15) is 5.75 Å². The van der Waals surface area contributed by atoms with Crippen LogP contribution in [-0.4, -0.2) is 29.0 Å². The van der Waals surface area contributed by atoms with E-state index in [1.807, 2.05) is 7.05 Å². The summed E-state index contributed by atoms with van der Waals surface area (Å²) in [5.41, 5.74) is 0.379. The number of hydrogen-bond donors (Lipinski definition) is 1. The van der Waals surface area contributed by atoms with Crippen LogP contribution in [0.1, 0.15) is 43.0 Å². The van der Waals surface area contributed by atoms with Gasteiger partial charge in [-0.25, -0.2) is 0 Å². The zero-order valence-electron chi connectivity index (χ0n) is 11.4. The average Bonchev–Trinajstić information content (AvgIpc) is 2.38. The maximum atomic E-state index is 12.4. The van der Waals surface area contributed by atoms with Crippen molar-refractivity contribution in [1.29, 1.82) is 0 Å². The molecule has 0 aliphatic heterocycles. The minimum absolute atomic E-state index is 0.0374. The molecule has 1 aromatic rings. The van der Waals surface area contributed by atoms with Gasteiger partial charge in [0.25, 0.3) is 5.91 Å². The Hall–Kier alpha value is -1.03. The molecule has 1 aliphatic carbocycles. The van der Waals surface area contributed by atoms with Crippen molar-refractivity contribution in [3.05, 3.63) is 28.2 Å². The molecule has 1 fully saturated rings. The van der Waals surface area contributed by atoms with Crippen LogP contribution in [0.4, 0.5) is 0 Å². The molecule has 1 aromatic carbocycles. The molecule has 0 aromatic heterocycles. The van der Waals surface area contributed by atoms with Crippen molar-refractivity contribution in [2.45, 2.75) is 38.6 Å². The number of rotatable bonds is 2. The SMILES string of the molecule is CC1CCC(N(C)C(=O)c2ccc(Br)cc2O)CC1. The van der Waals surface area contributed by atoms with Gasteiger partial charge < -0.3 is 10.0 Å². The molecule has 104 valence electrons. The predicted octanol–water partition coefficient (Wildman–Crippen LogP) is 3.81. The first kappa shape index (κ1) is 14.4. The third-order valence-corrected chi connectivity index (χ3v) is 4.54. The molecule has 0 radical (unpaired) electrons. The molecule has 1 saturated carbocycles. The van der Waals surface area contributed by atoms with Gasteiger partial charge in [-0.05, 0) is 49.8 Å². The zero-order chi connectivity index (χ0) is 14.0. The van der Waals surface area contributed by atoms with Crippen LogP contribution in [-0.2, 0) is 0 Å². The monoisotopic (exact) mass is 325 g/mol. The lowest BCUT2D eigenvalue weighted by Gasteiger charge is -2.33. The molecule has 1 aliphatic rings. The van der Waals surface area contributed by atoms with Crippen LogP contribution in [0.2, 0.25) is 0 Å². The summed E-state index contributed by atoms with van der Waals surface area (Å²) in [5, 5.41) is 9.87. The Kier molecular flexibility index (Phi) is 4.50. The molecular formula is C15H20BrNO2. The van der Waals surface area contributed by atoms with E-state index < -0.39 is 0 Å². The summed E-state index contributed by atoms with van der Waals surface area (Å²) in [4.78, 5) is 14.2. The molecule has 0 unspecified atom stereocenters. The summed E-state index contributed by atoms with van der Waals surface area (Å²) in [6, 6.07) is 5.31. The standard InChI is InChI=1S/C15H20BrNO2/c1-10-3-6-12(7-4-10)17(2)15(19)13-8-5-11(16)9-14(13)18/h5,8-10,12,18H,3-4,6-7H2,1-2H3. The van der Waals surface area contributed by atoms with Crippen LogP contribution < -0.4 is 0 Å². The number of amides is 1. The fraction of sp³-hybridized carbons (Fsp3) is 0.533. The van der Waals surface area contributed by atoms with E-state index in [1.54, 1.807) is 23.1 Å². The average molecular weight is 326 g/mol. The highest BCUT2D eigenvalue weighted by atomic mass is 79.9. The number of phenolic OH excluding ortho intramolecular Hbond substituents is 1. The highest BCUT2D eigenvalue weighted by Crippen LogP contribution is 2.29. The van der Waals surface area contributed by atoms with Crippen LogP contribution in [0.15, 0.2) is 22.7 Å². The second-order valence-electron chi connectivity index (χ2n) is 5.49. The van der Waals surface area contributed by atoms with E-state index in [9.17, 15) is 9.90 Å². The minimum atomic E-state index is -0.0930. The Morgan fingerprint density at radius 3 is 2.53 bits per heavy atom. The molecule has 3 nitrogen and oxygen atoms in total. The second kappa shape index (κ2) is 5.95. The van der Waals surface area contributed by atoms with Crippen molar-refractivity contribution >= 4 is 21.8 Å². The number of hydrogen-bond acceptors (Lipinski definition) is 2. The zero-order valence-corrected chi connectivity index (χ0v) is 13.0. The molecule has 0 bridgehead atoms. The van der Waals surface area contributed by atoms with Gasteiger partial charge in [0.05, 0.1) is 5.56 Å². The van der Waals surface area contributed by atoms with E-state index in [0.29, 0.717) is 11.6 Å². The topological polar surface area (TPSA) is 40.5 Å². The van der Waals surface area contributed by atoms with Crippen molar-refractivity contribution in [3.63, 3.8) is 0 Å². The molecule has 0 atom stereocenters. The van der Waals surface area contributed by atoms with E-state index in [-0.39, 0.29) is 11.7 Å². The van der Waals surface area contributed by atoms with Crippen LogP contribution >= 0.6 is 15.9 Å². The Balaban J connectivity index is 2.10. The third-order valence-electron chi connectivity index (χ3n) is 4.04. The molecule has 2 rings (SSSR count). The van der Waals surface area contributed by atoms with Gasteiger partial charge >= 0.3 is 0 Å². The highest BCUT2D eigenvalue weighted by Gasteiger charge is 2.26. The van der Waals surface area contributed by atoms with Gasteiger partial charge in [0, 0.05) is 17.6 Å². The van der Waals surface area contributed by atoms with Crippen LogP contribution in [0.3, 0.4) is 0 Å². The summed E-state index contributed by atoms with van der Waals surface area (Å²) in [6.07, 6.45) is 4.46. The largest absolute Gasteiger partial charge is 0.507 e. The van der Waals surface area contributed by atoms with Crippen molar-refractivity contribution < 1.29 is 9.90 Å². The highest BCUT2D eigenvalue weighted by molar-refractivity contribution is 9.10. The van der Waals surface area contributed by atoms with Gasteiger partial charge in [-0.1, -0.05) is 22.9 Å². The molecular weight excluding hydrogens is 306 g/mol. The molecule has 0 spiro atoms. The first-order valence-electron chi connectivity index (χ1n) is 6.74. The van der Waals surface area contributed by atoms with Crippen molar-refractivity contribution in [1.82, 2.24) is 4.90 Å². The van der Waals surface area contributed by atoms with E-state index in [2.05, 4.69) is 22.9 Å². The Bertz CT molecular complexity index is 467. The lowest BCUT2D eigenvalue weighted by Crippen LogP contribution is -2.39. The predicted molar refractivity (Wildman–Crippen MR) is 79.3 cm³/mol. The number of benzene rings is 1. The summed E-state index contributed by atoms with van der Waals surface area (Å²) in [5.74, 6) is 0.709. The molecule has 19 heavy (non-hydrogen) atoms. The number of carbonyl (C=O) groups excluding carboxylic acids is 1. The van der Waals surface area contributed by atoms with Crippen molar-refractivity contribution in [3.8, 4) is 5.75 Å². The first-order chi connectivity index (χ1) is 8.99. The van der Waals surface area contributed by atoms with E-state index in [4.69, 9.17) is 0 Å². The maximum Gasteiger partial charge on any atom is 0.257 e. The fourth-order valence-corrected chi connectivity index (χ4v) is 3.02.